The highest BCUT2D eigenvalue weighted by Crippen LogP contribution is 2.16. The topological polar surface area (TPSA) is 34.9 Å². The van der Waals surface area contributed by atoms with Gasteiger partial charge in [-0.05, 0) is 13.0 Å². The van der Waals surface area contributed by atoms with E-state index in [9.17, 15) is 4.79 Å². The first kappa shape index (κ1) is 7.98. The minimum absolute atomic E-state index is 0.328. The molecule has 0 fully saturated rings. The molecule has 3 heteroatoms. The van der Waals surface area contributed by atoms with Crippen LogP contribution in [0.3, 0.4) is 0 Å². The fourth-order valence-corrected chi connectivity index (χ4v) is 1.50. The molecule has 0 saturated carbocycles. The van der Waals surface area contributed by atoms with Gasteiger partial charge in [0.2, 0.25) is 0 Å². The molecule has 0 bridgehead atoms. The Kier molecular flexibility index (Phi) is 1.85. The van der Waals surface area contributed by atoms with Crippen LogP contribution in [0.15, 0.2) is 24.3 Å². The second kappa shape index (κ2) is 3.01. The maximum Gasteiger partial charge on any atom is 0.141 e. The fourth-order valence-electron chi connectivity index (χ4n) is 1.50. The van der Waals surface area contributed by atoms with Crippen molar-refractivity contribution in [2.75, 3.05) is 0 Å². The van der Waals surface area contributed by atoms with E-state index in [1.165, 1.54) is 0 Å². The first-order chi connectivity index (χ1) is 6.33. The monoisotopic (exact) mass is 174 g/mol. The third kappa shape index (κ3) is 1.22. The molecule has 1 aromatic heterocycles. The van der Waals surface area contributed by atoms with Gasteiger partial charge in [0.15, 0.2) is 0 Å². The lowest BCUT2D eigenvalue weighted by Gasteiger charge is -1.95. The van der Waals surface area contributed by atoms with Crippen LogP contribution in [0.2, 0.25) is 0 Å². The van der Waals surface area contributed by atoms with Crippen molar-refractivity contribution >= 4 is 17.2 Å². The zero-order chi connectivity index (χ0) is 9.26. The van der Waals surface area contributed by atoms with Gasteiger partial charge < -0.3 is 4.79 Å². The summed E-state index contributed by atoms with van der Waals surface area (Å²) >= 11 is 0. The summed E-state index contributed by atoms with van der Waals surface area (Å²) in [5.41, 5.74) is 1.99. The van der Waals surface area contributed by atoms with E-state index in [0.717, 1.165) is 22.9 Å². The summed E-state index contributed by atoms with van der Waals surface area (Å²) in [6.45, 7) is 2.28. The summed E-state index contributed by atoms with van der Waals surface area (Å²) in [6.07, 6.45) is 0.860. The molecule has 1 aromatic carbocycles. The zero-order valence-corrected chi connectivity index (χ0v) is 7.40. The van der Waals surface area contributed by atoms with E-state index in [1.54, 1.807) is 4.68 Å². The van der Waals surface area contributed by atoms with Gasteiger partial charge in [-0.25, -0.2) is 0 Å². The highest BCUT2D eigenvalue weighted by Gasteiger charge is 2.04. The van der Waals surface area contributed by atoms with Crippen LogP contribution in [0.5, 0.6) is 0 Å². The van der Waals surface area contributed by atoms with Gasteiger partial charge in [0.1, 0.15) is 6.29 Å². The van der Waals surface area contributed by atoms with E-state index < -0.39 is 0 Å². The number of carbonyl (C=O) groups is 1. The average molecular weight is 174 g/mol. The number of carbonyl (C=O) groups excluding carboxylic acids is 1. The predicted molar refractivity (Wildman–Crippen MR) is 50.5 cm³/mol. The highest BCUT2D eigenvalue weighted by molar-refractivity contribution is 5.82. The standard InChI is InChI=1S/C10H10N2O/c1-8-9-4-2-3-5-10(9)12(11-8)6-7-13/h2-5,7H,6H2,1H3. The molecule has 13 heavy (non-hydrogen) atoms. The Balaban J connectivity index is 2.70. The Morgan fingerprint density at radius 3 is 3.00 bits per heavy atom. The number of para-hydroxylation sites is 1. The van der Waals surface area contributed by atoms with E-state index in [-0.39, 0.29) is 0 Å². The third-order valence-corrected chi connectivity index (χ3v) is 2.09. The molecular weight excluding hydrogens is 164 g/mol. The van der Waals surface area contributed by atoms with Crippen LogP contribution >= 0.6 is 0 Å². The minimum atomic E-state index is 0.328. The number of nitrogens with zero attached hydrogens (tertiary/aromatic N) is 2. The van der Waals surface area contributed by atoms with Gasteiger partial charge >= 0.3 is 0 Å². The Labute approximate surface area is 76.0 Å². The SMILES string of the molecule is Cc1nn(CC=O)c2ccccc12. The molecule has 0 atom stereocenters. The molecule has 0 saturated heterocycles. The van der Waals surface area contributed by atoms with Crippen LogP contribution in [-0.4, -0.2) is 16.1 Å². The maximum absolute atomic E-state index is 10.4. The van der Waals surface area contributed by atoms with Gasteiger partial charge in [-0.2, -0.15) is 5.10 Å². The molecule has 2 rings (SSSR count). The van der Waals surface area contributed by atoms with Crippen LogP contribution in [-0.2, 0) is 11.3 Å². The van der Waals surface area contributed by atoms with Crippen molar-refractivity contribution < 1.29 is 4.79 Å². The van der Waals surface area contributed by atoms with Gasteiger partial charge in [-0.15, -0.1) is 0 Å². The summed E-state index contributed by atoms with van der Waals surface area (Å²) < 4.78 is 1.72. The number of hydrogen-bond acceptors (Lipinski definition) is 2. The summed E-state index contributed by atoms with van der Waals surface area (Å²) in [7, 11) is 0. The summed E-state index contributed by atoms with van der Waals surface area (Å²) in [5, 5.41) is 5.38. The van der Waals surface area contributed by atoms with Crippen molar-refractivity contribution in [3.8, 4) is 0 Å². The molecule has 2 aromatic rings. The van der Waals surface area contributed by atoms with Crippen molar-refractivity contribution in [2.24, 2.45) is 0 Å². The Morgan fingerprint density at radius 1 is 1.46 bits per heavy atom. The molecule has 0 radical (unpaired) electrons. The van der Waals surface area contributed by atoms with Crippen LogP contribution in [0.1, 0.15) is 5.69 Å². The van der Waals surface area contributed by atoms with Gasteiger partial charge in [-0.3, -0.25) is 4.68 Å². The summed E-state index contributed by atoms with van der Waals surface area (Å²) in [6, 6.07) is 7.91. The second-order valence-corrected chi connectivity index (χ2v) is 2.95. The van der Waals surface area contributed by atoms with Crippen LogP contribution in [0.25, 0.3) is 10.9 Å². The van der Waals surface area contributed by atoms with Crippen LogP contribution < -0.4 is 0 Å². The van der Waals surface area contributed by atoms with Gasteiger partial charge in [0, 0.05) is 5.39 Å². The van der Waals surface area contributed by atoms with Gasteiger partial charge in [0.25, 0.3) is 0 Å². The van der Waals surface area contributed by atoms with Crippen LogP contribution in [0, 0.1) is 6.92 Å². The van der Waals surface area contributed by atoms with E-state index in [1.807, 2.05) is 31.2 Å². The number of hydrogen-bond donors (Lipinski definition) is 0. The van der Waals surface area contributed by atoms with Crippen molar-refractivity contribution in [1.82, 2.24) is 9.78 Å². The first-order valence-electron chi connectivity index (χ1n) is 4.18. The number of rotatable bonds is 2. The fraction of sp³-hybridized carbons (Fsp3) is 0.200. The van der Waals surface area contributed by atoms with Crippen molar-refractivity contribution in [3.05, 3.63) is 30.0 Å². The zero-order valence-electron chi connectivity index (χ0n) is 7.40. The van der Waals surface area contributed by atoms with E-state index in [2.05, 4.69) is 5.10 Å². The molecule has 0 N–H and O–H groups in total. The van der Waals surface area contributed by atoms with Gasteiger partial charge in [0.05, 0.1) is 17.8 Å². The Morgan fingerprint density at radius 2 is 2.23 bits per heavy atom. The Bertz CT molecular complexity index is 445. The van der Waals surface area contributed by atoms with Crippen molar-refractivity contribution in [2.45, 2.75) is 13.5 Å². The molecule has 1 heterocycles. The average Bonchev–Trinajstić information content (AvgIpc) is 2.46. The summed E-state index contributed by atoms with van der Waals surface area (Å²) in [5.74, 6) is 0. The smallest absolute Gasteiger partial charge is 0.141 e. The number of aromatic nitrogens is 2. The highest BCUT2D eigenvalue weighted by atomic mass is 16.1. The number of aldehydes is 1. The van der Waals surface area contributed by atoms with E-state index in [0.29, 0.717) is 6.54 Å². The maximum atomic E-state index is 10.4. The molecule has 3 nitrogen and oxygen atoms in total. The lowest BCUT2D eigenvalue weighted by atomic mass is 10.2. The number of aryl methyl sites for hydroxylation is 1. The van der Waals surface area contributed by atoms with Crippen LogP contribution in [0.4, 0.5) is 0 Å². The number of benzene rings is 1. The first-order valence-corrected chi connectivity index (χ1v) is 4.18. The molecule has 0 spiro atoms. The Hall–Kier alpha value is -1.64. The lowest BCUT2D eigenvalue weighted by molar-refractivity contribution is -0.108. The van der Waals surface area contributed by atoms with Crippen molar-refractivity contribution in [1.29, 1.82) is 0 Å². The molecule has 0 aliphatic carbocycles. The largest absolute Gasteiger partial charge is 0.301 e. The van der Waals surface area contributed by atoms with Gasteiger partial charge in [-0.1, -0.05) is 18.2 Å². The quantitative estimate of drug-likeness (QED) is 0.647. The molecule has 66 valence electrons. The summed E-state index contributed by atoms with van der Waals surface area (Å²) in [4.78, 5) is 10.4. The third-order valence-electron chi connectivity index (χ3n) is 2.09. The van der Waals surface area contributed by atoms with Crippen molar-refractivity contribution in [3.63, 3.8) is 0 Å². The minimum Gasteiger partial charge on any atom is -0.301 e. The number of fused-ring (bicyclic) bond motifs is 1. The molecular formula is C10H10N2O. The van der Waals surface area contributed by atoms with E-state index in [4.69, 9.17) is 0 Å². The second-order valence-electron chi connectivity index (χ2n) is 2.95. The van der Waals surface area contributed by atoms with E-state index >= 15 is 0 Å². The molecule has 0 aliphatic heterocycles. The molecule has 0 aliphatic rings. The normalized spacial score (nSPS) is 10.5. The lowest BCUT2D eigenvalue weighted by Crippen LogP contribution is -2.00. The molecule has 0 unspecified atom stereocenters. The predicted octanol–water partition coefficient (Wildman–Crippen LogP) is 1.54. The molecule has 0 amide bonds.